The number of rotatable bonds is 18. The molecule has 3 N–H and O–H groups in total. The summed E-state index contributed by atoms with van der Waals surface area (Å²) in [4.78, 5) is 52.7. The first-order valence-corrected chi connectivity index (χ1v) is 15.1. The summed E-state index contributed by atoms with van der Waals surface area (Å²) < 4.78 is 11.0. The van der Waals surface area contributed by atoms with Crippen molar-refractivity contribution >= 4 is 23.8 Å². The average molecular weight is 605 g/mol. The van der Waals surface area contributed by atoms with Gasteiger partial charge < -0.3 is 25.2 Å². The molecule has 1 fully saturated rings. The molecular formula is C35H44N2O7. The van der Waals surface area contributed by atoms with Crippen molar-refractivity contribution < 1.29 is 33.8 Å². The van der Waals surface area contributed by atoms with Gasteiger partial charge in [0.1, 0.15) is 13.2 Å². The number of carbonyl (C=O) groups excluding carboxylic acids is 4. The van der Waals surface area contributed by atoms with E-state index in [1.54, 1.807) is 18.2 Å². The number of nitrogens with one attached hydrogen (secondary N) is 2. The Hall–Kier alpha value is -4.24. The number of allylic oxidation sites excluding steroid dienone is 2. The molecule has 0 aliphatic heterocycles. The van der Waals surface area contributed by atoms with Gasteiger partial charge in [0, 0.05) is 6.42 Å². The largest absolute Gasteiger partial charge is 0.463 e. The van der Waals surface area contributed by atoms with Crippen molar-refractivity contribution in [3.05, 3.63) is 97.1 Å². The van der Waals surface area contributed by atoms with E-state index in [1.165, 1.54) is 6.08 Å². The van der Waals surface area contributed by atoms with Crippen LogP contribution in [0.25, 0.3) is 0 Å². The molecule has 2 aromatic carbocycles. The van der Waals surface area contributed by atoms with Gasteiger partial charge in [-0.05, 0) is 43.2 Å². The Morgan fingerprint density at radius 2 is 1.43 bits per heavy atom. The Balaban J connectivity index is 1.70. The van der Waals surface area contributed by atoms with Gasteiger partial charge in [0.15, 0.2) is 6.04 Å². The van der Waals surface area contributed by atoms with E-state index in [0.717, 1.165) is 24.0 Å². The summed E-state index contributed by atoms with van der Waals surface area (Å²) in [7, 11) is 0. The van der Waals surface area contributed by atoms with Crippen LogP contribution in [-0.4, -0.2) is 53.7 Å². The van der Waals surface area contributed by atoms with Gasteiger partial charge in [0.05, 0.1) is 24.0 Å². The van der Waals surface area contributed by atoms with Crippen molar-refractivity contribution in [2.45, 2.75) is 69.6 Å². The van der Waals surface area contributed by atoms with Crippen LogP contribution in [-0.2, 0) is 41.7 Å². The third-order valence-electron chi connectivity index (χ3n) is 7.85. The van der Waals surface area contributed by atoms with E-state index in [4.69, 9.17) is 9.47 Å². The lowest BCUT2D eigenvalue weighted by atomic mass is 9.95. The Morgan fingerprint density at radius 3 is 2.02 bits per heavy atom. The van der Waals surface area contributed by atoms with Crippen molar-refractivity contribution in [1.29, 1.82) is 0 Å². The van der Waals surface area contributed by atoms with E-state index < -0.39 is 47.9 Å². The highest BCUT2D eigenvalue weighted by atomic mass is 16.6. The zero-order valence-corrected chi connectivity index (χ0v) is 25.2. The lowest BCUT2D eigenvalue weighted by molar-refractivity contribution is -0.157. The minimum absolute atomic E-state index is 0.0329. The maximum atomic E-state index is 13.4. The van der Waals surface area contributed by atoms with E-state index in [2.05, 4.69) is 23.8 Å². The number of hydrogen-bond donors (Lipinski definition) is 3. The summed E-state index contributed by atoms with van der Waals surface area (Å²) in [5, 5.41) is 15.4. The molecule has 0 radical (unpaired) electrons. The van der Waals surface area contributed by atoms with Crippen LogP contribution in [0.5, 0.6) is 0 Å². The minimum Gasteiger partial charge on any atom is -0.463 e. The average Bonchev–Trinajstić information content (AvgIpc) is 3.50. The van der Waals surface area contributed by atoms with Gasteiger partial charge in [0.25, 0.3) is 0 Å². The monoisotopic (exact) mass is 604 g/mol. The van der Waals surface area contributed by atoms with E-state index in [-0.39, 0.29) is 32.0 Å². The molecule has 1 aliphatic carbocycles. The molecule has 3 rings (SSSR count). The highest BCUT2D eigenvalue weighted by Gasteiger charge is 2.36. The zero-order valence-electron chi connectivity index (χ0n) is 25.2. The molecule has 0 aromatic heterocycles. The normalized spacial score (nSPS) is 15.7. The molecule has 2 amide bonds. The molecule has 44 heavy (non-hydrogen) atoms. The van der Waals surface area contributed by atoms with Gasteiger partial charge in [-0.15, -0.1) is 13.2 Å². The van der Waals surface area contributed by atoms with E-state index >= 15 is 0 Å². The fraction of sp³-hybridized carbons (Fsp3) is 0.429. The predicted molar refractivity (Wildman–Crippen MR) is 167 cm³/mol. The molecule has 0 heterocycles. The van der Waals surface area contributed by atoms with E-state index in [9.17, 15) is 24.3 Å². The summed E-state index contributed by atoms with van der Waals surface area (Å²) in [5.41, 5.74) is 1.03. The molecule has 9 heteroatoms. The Kier molecular flexibility index (Phi) is 13.8. The second-order valence-corrected chi connectivity index (χ2v) is 11.3. The number of amides is 2. The number of aliphatic hydroxyl groups excluding tert-OH is 1. The molecule has 0 bridgehead atoms. The van der Waals surface area contributed by atoms with Crippen LogP contribution in [0.4, 0.5) is 0 Å². The molecule has 9 nitrogen and oxygen atoms in total. The topological polar surface area (TPSA) is 131 Å². The fourth-order valence-electron chi connectivity index (χ4n) is 5.36. The Morgan fingerprint density at radius 1 is 0.841 bits per heavy atom. The summed E-state index contributed by atoms with van der Waals surface area (Å²) in [6.07, 6.45) is 7.13. The summed E-state index contributed by atoms with van der Waals surface area (Å²) in [6.45, 7) is 6.81. The molecule has 0 saturated heterocycles. The maximum Gasteiger partial charge on any atom is 0.332 e. The minimum atomic E-state index is -1.30. The zero-order chi connectivity index (χ0) is 31.8. The molecule has 0 spiro atoms. The predicted octanol–water partition coefficient (Wildman–Crippen LogP) is 4.20. The van der Waals surface area contributed by atoms with Gasteiger partial charge in [-0.25, -0.2) is 4.79 Å². The van der Waals surface area contributed by atoms with Crippen molar-refractivity contribution in [1.82, 2.24) is 10.6 Å². The molecular weight excluding hydrogens is 560 g/mol. The van der Waals surface area contributed by atoms with Crippen LogP contribution in [0.1, 0.15) is 56.1 Å². The van der Waals surface area contributed by atoms with E-state index in [0.29, 0.717) is 25.7 Å². The SMILES string of the molecule is C=CC[C@@H](CC(=O)NC1(CO)CCCC1)C(=O)N[C@H](COC(=O)[C@@H](CC=C)Cc1ccccc1)C(=O)OCc1ccccc1. The van der Waals surface area contributed by atoms with Crippen molar-refractivity contribution in [3.63, 3.8) is 0 Å². The Bertz CT molecular complexity index is 1240. The lowest BCUT2D eigenvalue weighted by Crippen LogP contribution is -2.51. The van der Waals surface area contributed by atoms with Crippen molar-refractivity contribution in [3.8, 4) is 0 Å². The molecule has 1 aliphatic rings. The lowest BCUT2D eigenvalue weighted by Gasteiger charge is -2.29. The van der Waals surface area contributed by atoms with Crippen LogP contribution in [0.3, 0.4) is 0 Å². The highest BCUT2D eigenvalue weighted by Crippen LogP contribution is 2.29. The van der Waals surface area contributed by atoms with Gasteiger partial charge >= 0.3 is 11.9 Å². The van der Waals surface area contributed by atoms with Crippen molar-refractivity contribution in [2.24, 2.45) is 11.8 Å². The molecule has 0 unspecified atom stereocenters. The molecule has 236 valence electrons. The van der Waals surface area contributed by atoms with Crippen molar-refractivity contribution in [2.75, 3.05) is 13.2 Å². The number of aliphatic hydroxyl groups is 1. The summed E-state index contributed by atoms with van der Waals surface area (Å²) in [5.74, 6) is -3.61. The molecule has 1 saturated carbocycles. The maximum absolute atomic E-state index is 13.4. The second kappa shape index (κ2) is 17.8. The first-order valence-electron chi connectivity index (χ1n) is 15.1. The molecule has 3 atom stereocenters. The van der Waals surface area contributed by atoms with Gasteiger partial charge in [-0.3, -0.25) is 14.4 Å². The third kappa shape index (κ3) is 10.8. The number of esters is 2. The second-order valence-electron chi connectivity index (χ2n) is 11.3. The quantitative estimate of drug-likeness (QED) is 0.172. The smallest absolute Gasteiger partial charge is 0.332 e. The van der Waals surface area contributed by atoms with Crippen LogP contribution in [0.15, 0.2) is 86.0 Å². The number of hydrogen-bond acceptors (Lipinski definition) is 7. The number of ether oxygens (including phenoxy) is 2. The van der Waals surface area contributed by atoms with Crippen LogP contribution >= 0.6 is 0 Å². The van der Waals surface area contributed by atoms with Crippen LogP contribution < -0.4 is 10.6 Å². The first-order chi connectivity index (χ1) is 21.3. The molecule has 2 aromatic rings. The van der Waals surface area contributed by atoms with Crippen LogP contribution in [0, 0.1) is 11.8 Å². The third-order valence-corrected chi connectivity index (χ3v) is 7.85. The number of benzene rings is 2. The van der Waals surface area contributed by atoms with E-state index in [1.807, 2.05) is 48.5 Å². The van der Waals surface area contributed by atoms with Gasteiger partial charge in [0.2, 0.25) is 11.8 Å². The summed E-state index contributed by atoms with van der Waals surface area (Å²) in [6, 6.07) is 17.3. The van der Waals surface area contributed by atoms with Crippen LogP contribution in [0.2, 0.25) is 0 Å². The number of carbonyl (C=O) groups is 4. The van der Waals surface area contributed by atoms with Gasteiger partial charge in [-0.1, -0.05) is 85.7 Å². The highest BCUT2D eigenvalue weighted by molar-refractivity contribution is 5.89. The van der Waals surface area contributed by atoms with Gasteiger partial charge in [-0.2, -0.15) is 0 Å². The summed E-state index contributed by atoms with van der Waals surface area (Å²) >= 11 is 0. The standard InChI is InChI=1S/C35H44N2O7/c1-3-13-28(22-31(39)37-35(25-38)19-11-12-20-35)32(40)36-30(34(42)43-23-27-17-9-6-10-18-27)24-44-33(41)29(14-4-2)21-26-15-7-5-8-16-26/h3-10,15-18,28-30,38H,1-2,11-14,19-25H2,(H,36,40)(H,37,39)/t28-,29-,30+/m0/s1. The first kappa shape index (κ1) is 34.3. The fourth-order valence-corrected chi connectivity index (χ4v) is 5.36. The Labute approximate surface area is 259 Å².